The Morgan fingerprint density at radius 2 is 0.868 bits per heavy atom. The average Bonchev–Trinajstić information content (AvgIpc) is 3.63. The molecule has 0 saturated carbocycles. The number of rotatable bonds is 3. The molecule has 1 aliphatic heterocycles. The third-order valence-electron chi connectivity index (χ3n) is 11.6. The Labute approximate surface area is 313 Å². The predicted octanol–water partition coefficient (Wildman–Crippen LogP) is 12.0. The predicted molar refractivity (Wildman–Crippen MR) is 215 cm³/mol. The Morgan fingerprint density at radius 1 is 0.358 bits per heavy atom. The van der Waals surface area contributed by atoms with Crippen LogP contribution in [0.5, 0.6) is 0 Å². The molecule has 2 aliphatic carbocycles. The van der Waals surface area contributed by atoms with E-state index >= 15 is 0 Å². The largest absolute Gasteiger partial charge is 0.208 e. The summed E-state index contributed by atoms with van der Waals surface area (Å²) in [5.74, 6) is 2.01. The fourth-order valence-corrected chi connectivity index (χ4v) is 10.4. The molecule has 0 atom stereocenters. The molecule has 0 bridgehead atoms. The van der Waals surface area contributed by atoms with Crippen molar-refractivity contribution in [2.75, 3.05) is 0 Å². The molecule has 250 valence electrons. The van der Waals surface area contributed by atoms with Gasteiger partial charge in [0.25, 0.3) is 0 Å². The van der Waals surface area contributed by atoms with Crippen LogP contribution in [0.3, 0.4) is 0 Å². The molecule has 2 heterocycles. The summed E-state index contributed by atoms with van der Waals surface area (Å²) in [4.78, 5) is 17.8. The highest BCUT2D eigenvalue weighted by Gasteiger charge is 2.51. The number of hydrogen-bond acceptors (Lipinski definition) is 4. The molecule has 8 aromatic rings. The second kappa shape index (κ2) is 11.2. The Hall–Kier alpha value is -6.10. The molecule has 7 aromatic carbocycles. The Kier molecular flexibility index (Phi) is 6.45. The number of aromatic nitrogens is 3. The molecule has 0 amide bonds. The Bertz CT molecular complexity index is 2680. The van der Waals surface area contributed by atoms with E-state index in [1.807, 2.05) is 48.2 Å². The van der Waals surface area contributed by atoms with E-state index in [0.29, 0.717) is 17.5 Å². The van der Waals surface area contributed by atoms with Crippen molar-refractivity contribution in [2.45, 2.75) is 34.5 Å². The second-order valence-corrected chi connectivity index (χ2v) is 15.8. The first kappa shape index (κ1) is 30.5. The molecular weight excluding hydrogens is 663 g/mol. The fourth-order valence-electron chi connectivity index (χ4n) is 9.18. The van der Waals surface area contributed by atoms with Gasteiger partial charge in [-0.3, -0.25) is 0 Å². The van der Waals surface area contributed by atoms with Crippen molar-refractivity contribution in [1.29, 1.82) is 0 Å². The molecule has 0 radical (unpaired) electrons. The van der Waals surface area contributed by atoms with Gasteiger partial charge in [-0.05, 0) is 79.9 Å². The van der Waals surface area contributed by atoms with Crippen LogP contribution < -0.4 is 0 Å². The number of hydrogen-bond donors (Lipinski definition) is 0. The first-order valence-electron chi connectivity index (χ1n) is 18.2. The lowest BCUT2D eigenvalue weighted by Gasteiger charge is -2.40. The van der Waals surface area contributed by atoms with Crippen molar-refractivity contribution in [2.24, 2.45) is 0 Å². The lowest BCUT2D eigenvalue weighted by atomic mass is 9.66. The molecular formula is C49H33N3S. The first-order valence-corrected chi connectivity index (χ1v) is 19.0. The first-order chi connectivity index (χ1) is 26.0. The number of nitrogens with zero attached hydrogens (tertiary/aromatic N) is 3. The summed E-state index contributed by atoms with van der Waals surface area (Å²) in [5.41, 5.74) is 15.6. The van der Waals surface area contributed by atoms with E-state index in [2.05, 4.69) is 141 Å². The van der Waals surface area contributed by atoms with Crippen LogP contribution >= 0.6 is 11.8 Å². The van der Waals surface area contributed by atoms with E-state index in [-0.39, 0.29) is 5.41 Å². The molecule has 3 nitrogen and oxygen atoms in total. The van der Waals surface area contributed by atoms with Crippen molar-refractivity contribution >= 4 is 11.8 Å². The van der Waals surface area contributed by atoms with Gasteiger partial charge in [0.2, 0.25) is 0 Å². The normalized spacial score (nSPS) is 14.8. The molecule has 0 fully saturated rings. The van der Waals surface area contributed by atoms with Gasteiger partial charge in [-0.15, -0.1) is 0 Å². The standard InChI is InChI=1S/C49H33N3S/c1-48(2)37-26-25-32(47-51-45(30-15-5-3-6-16-30)50-46(52-47)31-17-7-4-8-18-31)27-35(37)36-28-42-44(29-41(36)48)53-43-24-14-13-23-40(43)49(42)38-21-11-9-19-33(38)34-20-10-12-22-39(34)49/h3-29H,1-2H3. The summed E-state index contributed by atoms with van der Waals surface area (Å²) in [5, 5.41) is 0. The van der Waals surface area contributed by atoms with Gasteiger partial charge in [-0.2, -0.15) is 0 Å². The molecule has 0 N–H and O–H groups in total. The minimum absolute atomic E-state index is 0.183. The zero-order valence-electron chi connectivity index (χ0n) is 29.3. The van der Waals surface area contributed by atoms with Gasteiger partial charge in [0.1, 0.15) is 0 Å². The van der Waals surface area contributed by atoms with Crippen molar-refractivity contribution in [3.05, 3.63) is 197 Å². The third kappa shape index (κ3) is 4.27. The molecule has 0 unspecified atom stereocenters. The lowest BCUT2D eigenvalue weighted by molar-refractivity contribution is 0.654. The Morgan fingerprint density at radius 3 is 1.49 bits per heavy atom. The maximum atomic E-state index is 5.09. The SMILES string of the molecule is CC1(C)c2ccc(-c3nc(-c4ccccc4)nc(-c4ccccc4)n3)cc2-c2cc3c(cc21)Sc1ccccc1C31c2ccccc2-c2ccccc21. The number of fused-ring (bicyclic) bond motifs is 12. The summed E-state index contributed by atoms with van der Waals surface area (Å²) in [6, 6.07) is 59.3. The van der Waals surface area contributed by atoms with Crippen LogP contribution in [0.2, 0.25) is 0 Å². The minimum atomic E-state index is -0.423. The van der Waals surface area contributed by atoms with Gasteiger partial charge in [0, 0.05) is 31.9 Å². The van der Waals surface area contributed by atoms with Crippen molar-refractivity contribution < 1.29 is 0 Å². The van der Waals surface area contributed by atoms with Gasteiger partial charge in [0.05, 0.1) is 5.41 Å². The van der Waals surface area contributed by atoms with E-state index in [1.54, 1.807) is 0 Å². The molecule has 4 heteroatoms. The molecule has 0 saturated heterocycles. The van der Waals surface area contributed by atoms with Crippen LogP contribution in [-0.4, -0.2) is 15.0 Å². The molecule has 11 rings (SSSR count). The van der Waals surface area contributed by atoms with Crippen LogP contribution in [0.1, 0.15) is 47.2 Å². The summed E-state index contributed by atoms with van der Waals surface area (Å²) in [6.45, 7) is 4.73. The smallest absolute Gasteiger partial charge is 0.164 e. The van der Waals surface area contributed by atoms with E-state index < -0.39 is 5.41 Å². The monoisotopic (exact) mass is 695 g/mol. The maximum Gasteiger partial charge on any atom is 0.164 e. The van der Waals surface area contributed by atoms with E-state index in [4.69, 9.17) is 15.0 Å². The van der Waals surface area contributed by atoms with Crippen molar-refractivity contribution in [1.82, 2.24) is 15.0 Å². The molecule has 3 aliphatic rings. The van der Waals surface area contributed by atoms with Crippen LogP contribution in [0.25, 0.3) is 56.4 Å². The summed E-state index contributed by atoms with van der Waals surface area (Å²) in [7, 11) is 0. The second-order valence-electron chi connectivity index (χ2n) is 14.8. The highest BCUT2D eigenvalue weighted by Crippen LogP contribution is 2.64. The fraction of sp³-hybridized carbons (Fsp3) is 0.0816. The molecule has 1 spiro atoms. The molecule has 1 aromatic heterocycles. The summed E-state index contributed by atoms with van der Waals surface area (Å²) < 4.78 is 0. The topological polar surface area (TPSA) is 38.7 Å². The quantitative estimate of drug-likeness (QED) is 0.184. The van der Waals surface area contributed by atoms with Gasteiger partial charge in [0.15, 0.2) is 17.5 Å². The maximum absolute atomic E-state index is 5.09. The average molecular weight is 696 g/mol. The van der Waals surface area contributed by atoms with Crippen LogP contribution in [0.15, 0.2) is 174 Å². The molecule has 53 heavy (non-hydrogen) atoms. The number of benzene rings is 7. The zero-order valence-corrected chi connectivity index (χ0v) is 30.2. The van der Waals surface area contributed by atoms with Crippen LogP contribution in [-0.2, 0) is 10.8 Å². The van der Waals surface area contributed by atoms with Crippen LogP contribution in [0.4, 0.5) is 0 Å². The van der Waals surface area contributed by atoms with Gasteiger partial charge in [-0.25, -0.2) is 15.0 Å². The minimum Gasteiger partial charge on any atom is -0.208 e. The van der Waals surface area contributed by atoms with E-state index in [0.717, 1.165) is 16.7 Å². The zero-order chi connectivity index (χ0) is 35.3. The highest BCUT2D eigenvalue weighted by molar-refractivity contribution is 7.99. The van der Waals surface area contributed by atoms with Gasteiger partial charge >= 0.3 is 0 Å². The lowest BCUT2D eigenvalue weighted by Crippen LogP contribution is -2.32. The van der Waals surface area contributed by atoms with Gasteiger partial charge < -0.3 is 0 Å². The third-order valence-corrected chi connectivity index (χ3v) is 12.7. The van der Waals surface area contributed by atoms with Crippen molar-refractivity contribution in [3.63, 3.8) is 0 Å². The van der Waals surface area contributed by atoms with E-state index in [1.165, 1.54) is 65.4 Å². The summed E-state index contributed by atoms with van der Waals surface area (Å²) in [6.07, 6.45) is 0. The van der Waals surface area contributed by atoms with Gasteiger partial charge in [-0.1, -0.05) is 165 Å². The van der Waals surface area contributed by atoms with Crippen molar-refractivity contribution in [3.8, 4) is 56.4 Å². The Balaban J connectivity index is 1.15. The summed E-state index contributed by atoms with van der Waals surface area (Å²) >= 11 is 1.91. The van der Waals surface area contributed by atoms with E-state index in [9.17, 15) is 0 Å². The highest BCUT2D eigenvalue weighted by atomic mass is 32.2. The van der Waals surface area contributed by atoms with Crippen LogP contribution in [0, 0.1) is 0 Å².